The van der Waals surface area contributed by atoms with E-state index in [9.17, 15) is 18.8 Å². The number of nitrogens with zero attached hydrogens (tertiary/aromatic N) is 1. The fourth-order valence-corrected chi connectivity index (χ4v) is 6.24. The van der Waals surface area contributed by atoms with E-state index < -0.39 is 47.9 Å². The SMILES string of the molecule is C[C@@H](C1CC1)C(C(=O)NCc1ccc(F)cc1)N1C(=O)O[C@@]2(CCc3cc(B4OC(C)(C)C(C)(C)O4)ccc32)C1=O. The minimum absolute atomic E-state index is 0.153. The summed E-state index contributed by atoms with van der Waals surface area (Å²) >= 11 is 0. The van der Waals surface area contributed by atoms with E-state index in [1.807, 2.05) is 52.8 Å². The lowest BCUT2D eigenvalue weighted by atomic mass is 9.77. The lowest BCUT2D eigenvalue weighted by Crippen LogP contribution is -2.54. The molecule has 8 nitrogen and oxygen atoms in total. The fourth-order valence-electron chi connectivity index (χ4n) is 6.24. The summed E-state index contributed by atoms with van der Waals surface area (Å²) in [6.45, 7) is 10.0. The molecule has 2 heterocycles. The number of amides is 3. The summed E-state index contributed by atoms with van der Waals surface area (Å²) in [6, 6.07) is 10.5. The third-order valence-electron chi connectivity index (χ3n) is 9.65. The van der Waals surface area contributed by atoms with Crippen molar-refractivity contribution in [3.05, 3.63) is 65.0 Å². The number of rotatable bonds is 7. The maximum Gasteiger partial charge on any atom is 0.494 e. The van der Waals surface area contributed by atoms with Gasteiger partial charge in [-0.3, -0.25) is 9.59 Å². The van der Waals surface area contributed by atoms with Crippen LogP contribution in [0.3, 0.4) is 0 Å². The van der Waals surface area contributed by atoms with Gasteiger partial charge in [0.25, 0.3) is 5.91 Å². The number of imide groups is 1. The number of hydrogen-bond acceptors (Lipinski definition) is 6. The zero-order valence-electron chi connectivity index (χ0n) is 24.2. The number of halogens is 1. The van der Waals surface area contributed by atoms with Crippen molar-refractivity contribution in [3.63, 3.8) is 0 Å². The van der Waals surface area contributed by atoms with E-state index in [2.05, 4.69) is 5.32 Å². The van der Waals surface area contributed by atoms with Gasteiger partial charge in [0.15, 0.2) is 0 Å². The van der Waals surface area contributed by atoms with Crippen LogP contribution in [0.1, 0.15) is 70.6 Å². The average molecular weight is 562 g/mol. The molecule has 41 heavy (non-hydrogen) atoms. The van der Waals surface area contributed by atoms with Crippen LogP contribution in [0.25, 0.3) is 0 Å². The van der Waals surface area contributed by atoms with Crippen molar-refractivity contribution in [1.82, 2.24) is 10.2 Å². The summed E-state index contributed by atoms with van der Waals surface area (Å²) in [7, 11) is -0.547. The Morgan fingerprint density at radius 2 is 1.73 bits per heavy atom. The van der Waals surface area contributed by atoms with Crippen molar-refractivity contribution in [2.24, 2.45) is 11.8 Å². The quantitative estimate of drug-likeness (QED) is 0.514. The molecule has 216 valence electrons. The molecule has 0 aromatic heterocycles. The van der Waals surface area contributed by atoms with Crippen LogP contribution in [-0.2, 0) is 42.2 Å². The lowest BCUT2D eigenvalue weighted by Gasteiger charge is -2.32. The van der Waals surface area contributed by atoms with Gasteiger partial charge in [-0.05, 0) is 87.5 Å². The van der Waals surface area contributed by atoms with E-state index in [0.717, 1.165) is 28.8 Å². The molecule has 1 spiro atoms. The molecular formula is C31H36BFN2O6. The summed E-state index contributed by atoms with van der Waals surface area (Å²) in [5, 5.41) is 2.86. The molecule has 1 N–H and O–H groups in total. The molecule has 1 unspecified atom stereocenters. The Bertz CT molecular complexity index is 1390. The van der Waals surface area contributed by atoms with Gasteiger partial charge < -0.3 is 19.4 Å². The van der Waals surface area contributed by atoms with Crippen LogP contribution in [0, 0.1) is 17.7 Å². The first-order valence-corrected chi connectivity index (χ1v) is 14.4. The molecule has 2 saturated heterocycles. The number of hydrogen-bond donors (Lipinski definition) is 1. The first kappa shape index (κ1) is 27.9. The number of carbonyl (C=O) groups excluding carboxylic acids is 3. The molecule has 3 atom stereocenters. The Hall–Kier alpha value is -3.24. The van der Waals surface area contributed by atoms with E-state index in [1.54, 1.807) is 12.1 Å². The molecule has 10 heteroatoms. The largest absolute Gasteiger partial charge is 0.494 e. The van der Waals surface area contributed by atoms with Gasteiger partial charge in [-0.1, -0.05) is 37.3 Å². The van der Waals surface area contributed by atoms with E-state index in [1.165, 1.54) is 12.1 Å². The number of nitrogens with one attached hydrogen (secondary N) is 1. The molecule has 4 aliphatic rings. The van der Waals surface area contributed by atoms with Gasteiger partial charge in [-0.25, -0.2) is 14.1 Å². The number of aryl methyl sites for hydroxylation is 1. The van der Waals surface area contributed by atoms with Crippen molar-refractivity contribution in [3.8, 4) is 0 Å². The van der Waals surface area contributed by atoms with Gasteiger partial charge in [0.1, 0.15) is 11.9 Å². The van der Waals surface area contributed by atoms with Crippen molar-refractivity contribution in [1.29, 1.82) is 0 Å². The molecule has 0 bridgehead atoms. The summed E-state index contributed by atoms with van der Waals surface area (Å²) in [4.78, 5) is 42.1. The standard InChI is InChI=1S/C31H36BFN2O6/c1-18(20-8-9-20)25(26(36)34-17-19-6-11-23(33)12-7-19)35-27(37)31(39-28(35)38)15-14-21-16-22(10-13-24(21)31)32-40-29(2,3)30(4,5)41-32/h6-7,10-13,16,18,20,25H,8-9,14-15,17H2,1-5H3,(H,34,36)/t18-,25?,31+/m0/s1. The highest BCUT2D eigenvalue weighted by molar-refractivity contribution is 6.62. The highest BCUT2D eigenvalue weighted by atomic mass is 19.1. The van der Waals surface area contributed by atoms with Gasteiger partial charge >= 0.3 is 13.2 Å². The Labute approximate surface area is 240 Å². The molecule has 6 rings (SSSR count). The first-order chi connectivity index (χ1) is 19.3. The maximum absolute atomic E-state index is 14.1. The molecule has 2 aliphatic carbocycles. The van der Waals surface area contributed by atoms with Crippen LogP contribution < -0.4 is 10.8 Å². The maximum atomic E-state index is 14.1. The predicted octanol–water partition coefficient (Wildman–Crippen LogP) is 3.98. The summed E-state index contributed by atoms with van der Waals surface area (Å²) in [5.41, 5.74) is 0.663. The fraction of sp³-hybridized carbons (Fsp3) is 0.516. The van der Waals surface area contributed by atoms with Gasteiger partial charge in [-0.15, -0.1) is 0 Å². The number of carbonyl (C=O) groups is 3. The van der Waals surface area contributed by atoms with Crippen LogP contribution >= 0.6 is 0 Å². The molecule has 3 amide bonds. The summed E-state index contributed by atoms with van der Waals surface area (Å²) in [5.74, 6) is -1.28. The number of benzene rings is 2. The van der Waals surface area contributed by atoms with Crippen LogP contribution in [0.4, 0.5) is 9.18 Å². The summed E-state index contributed by atoms with van der Waals surface area (Å²) < 4.78 is 31.6. The van der Waals surface area contributed by atoms with Crippen LogP contribution in [0.5, 0.6) is 0 Å². The van der Waals surface area contributed by atoms with Gasteiger partial charge in [-0.2, -0.15) is 0 Å². The molecule has 3 fully saturated rings. The monoisotopic (exact) mass is 562 g/mol. The van der Waals surface area contributed by atoms with Crippen LogP contribution in [0.2, 0.25) is 0 Å². The lowest BCUT2D eigenvalue weighted by molar-refractivity contribution is -0.143. The smallest absolute Gasteiger partial charge is 0.427 e. The van der Waals surface area contributed by atoms with Crippen molar-refractivity contribution < 1.29 is 32.8 Å². The van der Waals surface area contributed by atoms with E-state index in [-0.39, 0.29) is 24.2 Å². The molecule has 2 aromatic carbocycles. The zero-order chi connectivity index (χ0) is 29.3. The van der Waals surface area contributed by atoms with Crippen molar-refractivity contribution >= 4 is 30.5 Å². The van der Waals surface area contributed by atoms with Crippen LogP contribution in [-0.4, -0.2) is 47.2 Å². The number of fused-ring (bicyclic) bond motifs is 2. The molecule has 2 aliphatic heterocycles. The molecular weight excluding hydrogens is 526 g/mol. The topological polar surface area (TPSA) is 94.2 Å². The second-order valence-corrected chi connectivity index (χ2v) is 12.9. The van der Waals surface area contributed by atoms with Gasteiger partial charge in [0, 0.05) is 18.5 Å². The third-order valence-corrected chi connectivity index (χ3v) is 9.65. The summed E-state index contributed by atoms with van der Waals surface area (Å²) in [6.07, 6.45) is 1.92. The van der Waals surface area contributed by atoms with Crippen LogP contribution in [0.15, 0.2) is 42.5 Å². The van der Waals surface area contributed by atoms with E-state index in [0.29, 0.717) is 24.0 Å². The normalized spacial score (nSPS) is 25.8. The minimum Gasteiger partial charge on any atom is -0.427 e. The zero-order valence-corrected chi connectivity index (χ0v) is 24.2. The van der Waals surface area contributed by atoms with Crippen molar-refractivity contribution in [2.45, 2.75) is 89.7 Å². The second kappa shape index (κ2) is 9.66. The minimum atomic E-state index is -1.46. The Kier molecular flexibility index (Phi) is 6.58. The number of ether oxygens (including phenoxy) is 1. The Morgan fingerprint density at radius 3 is 2.37 bits per heavy atom. The Morgan fingerprint density at radius 1 is 1.07 bits per heavy atom. The second-order valence-electron chi connectivity index (χ2n) is 12.9. The molecule has 0 radical (unpaired) electrons. The third kappa shape index (κ3) is 4.65. The van der Waals surface area contributed by atoms with E-state index >= 15 is 0 Å². The molecule has 2 aromatic rings. The first-order valence-electron chi connectivity index (χ1n) is 14.4. The highest BCUT2D eigenvalue weighted by Crippen LogP contribution is 2.48. The van der Waals surface area contributed by atoms with Gasteiger partial charge in [0.05, 0.1) is 11.2 Å². The highest BCUT2D eigenvalue weighted by Gasteiger charge is 2.62. The average Bonchev–Trinajstić information content (AvgIpc) is 3.62. The molecule has 1 saturated carbocycles. The van der Waals surface area contributed by atoms with E-state index in [4.69, 9.17) is 14.0 Å². The predicted molar refractivity (Wildman–Crippen MR) is 149 cm³/mol. The Balaban J connectivity index is 1.25. The van der Waals surface area contributed by atoms with Gasteiger partial charge in [0.2, 0.25) is 11.5 Å². The van der Waals surface area contributed by atoms with Crippen molar-refractivity contribution in [2.75, 3.05) is 0 Å².